The molecule has 0 radical (unpaired) electrons. The number of benzene rings is 1. The van der Waals surface area contributed by atoms with Gasteiger partial charge >= 0.3 is 5.97 Å². The normalized spacial score (nSPS) is 9.62. The molecule has 70 valence electrons. The van der Waals surface area contributed by atoms with Gasteiger partial charge in [-0.2, -0.15) is 0 Å². The molecular formula is C8H10N2O2S. The molecule has 0 aliphatic heterocycles. The van der Waals surface area contributed by atoms with E-state index in [1.54, 1.807) is 24.3 Å². The zero-order chi connectivity index (χ0) is 9.68. The maximum atomic E-state index is 10.9. The lowest BCUT2D eigenvalue weighted by Crippen LogP contribution is -2.04. The zero-order valence-electron chi connectivity index (χ0n) is 6.90. The van der Waals surface area contributed by atoms with Gasteiger partial charge < -0.3 is 9.92 Å². The molecule has 0 amide bonds. The molecule has 13 heavy (non-hydrogen) atoms. The average molecular weight is 198 g/mol. The SMILES string of the molecule is NSOC(=O)Cc1ccc(N)cc1. The summed E-state index contributed by atoms with van der Waals surface area (Å²) in [7, 11) is 0. The monoisotopic (exact) mass is 198 g/mol. The molecule has 0 aliphatic rings. The Bertz CT molecular complexity index is 287. The maximum absolute atomic E-state index is 10.9. The number of carbonyl (C=O) groups excluding carboxylic acids is 1. The van der Waals surface area contributed by atoms with Gasteiger partial charge in [0.05, 0.1) is 6.42 Å². The average Bonchev–Trinajstić information content (AvgIpc) is 2.09. The van der Waals surface area contributed by atoms with Gasteiger partial charge in [-0.3, -0.25) is 4.79 Å². The van der Waals surface area contributed by atoms with Crippen LogP contribution in [0.5, 0.6) is 0 Å². The van der Waals surface area contributed by atoms with E-state index < -0.39 is 0 Å². The standard InChI is InChI=1S/C8H10N2O2S/c9-7-3-1-6(2-4-7)5-8(11)12-13-10/h1-4H,5,9-10H2. The summed E-state index contributed by atoms with van der Waals surface area (Å²) in [4.78, 5) is 10.9. The largest absolute Gasteiger partial charge is 0.399 e. The quantitative estimate of drug-likeness (QED) is 0.428. The molecule has 5 heteroatoms. The Labute approximate surface area is 80.6 Å². The molecule has 0 bridgehead atoms. The van der Waals surface area contributed by atoms with Crippen LogP contribution in [0.25, 0.3) is 0 Å². The lowest BCUT2D eigenvalue weighted by molar-refractivity contribution is -0.132. The summed E-state index contributed by atoms with van der Waals surface area (Å²) in [6.45, 7) is 0. The van der Waals surface area contributed by atoms with Crippen LogP contribution >= 0.6 is 12.2 Å². The molecule has 0 atom stereocenters. The Hall–Kier alpha value is -1.20. The van der Waals surface area contributed by atoms with E-state index in [2.05, 4.69) is 4.18 Å². The molecule has 4 nitrogen and oxygen atoms in total. The molecule has 1 rings (SSSR count). The minimum atomic E-state index is -0.364. The zero-order valence-corrected chi connectivity index (χ0v) is 7.71. The molecule has 0 spiro atoms. The maximum Gasteiger partial charge on any atom is 0.323 e. The molecule has 0 aromatic heterocycles. The fourth-order valence-electron chi connectivity index (χ4n) is 0.885. The van der Waals surface area contributed by atoms with E-state index in [9.17, 15) is 4.79 Å². The summed E-state index contributed by atoms with van der Waals surface area (Å²) in [6, 6.07) is 7.02. The second-order valence-electron chi connectivity index (χ2n) is 2.47. The van der Waals surface area contributed by atoms with Gasteiger partial charge in [0.2, 0.25) is 0 Å². The van der Waals surface area contributed by atoms with Gasteiger partial charge in [-0.1, -0.05) is 12.1 Å². The van der Waals surface area contributed by atoms with Crippen LogP contribution in [-0.2, 0) is 15.4 Å². The first-order valence-electron chi connectivity index (χ1n) is 3.63. The van der Waals surface area contributed by atoms with Crippen molar-refractivity contribution in [2.45, 2.75) is 6.42 Å². The molecule has 0 fully saturated rings. The van der Waals surface area contributed by atoms with Crippen molar-refractivity contribution in [1.29, 1.82) is 0 Å². The van der Waals surface area contributed by atoms with Crippen molar-refractivity contribution in [3.05, 3.63) is 29.8 Å². The van der Waals surface area contributed by atoms with Crippen LogP contribution in [0.3, 0.4) is 0 Å². The number of nitrogen functional groups attached to an aromatic ring is 1. The third kappa shape index (κ3) is 3.35. The highest BCUT2D eigenvalue weighted by molar-refractivity contribution is 7.92. The molecule has 1 aromatic rings. The van der Waals surface area contributed by atoms with Gasteiger partial charge in [-0.05, 0) is 17.7 Å². The number of carbonyl (C=O) groups is 1. The minimum Gasteiger partial charge on any atom is -0.399 e. The van der Waals surface area contributed by atoms with Gasteiger partial charge in [0.1, 0.15) is 12.2 Å². The number of rotatable bonds is 3. The Morgan fingerprint density at radius 1 is 1.38 bits per heavy atom. The van der Waals surface area contributed by atoms with Crippen LogP contribution in [0.15, 0.2) is 24.3 Å². The molecule has 0 saturated heterocycles. The molecule has 0 unspecified atom stereocenters. The van der Waals surface area contributed by atoms with E-state index in [0.717, 1.165) is 5.56 Å². The molecule has 0 heterocycles. The summed E-state index contributed by atoms with van der Waals surface area (Å²) in [5.74, 6) is -0.364. The minimum absolute atomic E-state index is 0.213. The number of anilines is 1. The van der Waals surface area contributed by atoms with Crippen molar-refractivity contribution in [3.63, 3.8) is 0 Å². The summed E-state index contributed by atoms with van der Waals surface area (Å²) < 4.78 is 4.50. The van der Waals surface area contributed by atoms with E-state index in [4.69, 9.17) is 10.9 Å². The van der Waals surface area contributed by atoms with Crippen LogP contribution in [0, 0.1) is 0 Å². The lowest BCUT2D eigenvalue weighted by atomic mass is 10.1. The second kappa shape index (κ2) is 4.74. The van der Waals surface area contributed by atoms with Crippen molar-refractivity contribution in [3.8, 4) is 0 Å². The molecule has 0 aliphatic carbocycles. The van der Waals surface area contributed by atoms with Crippen molar-refractivity contribution >= 4 is 23.9 Å². The Balaban J connectivity index is 2.54. The Morgan fingerprint density at radius 2 is 2.00 bits per heavy atom. The predicted octanol–water partition coefficient (Wildman–Crippen LogP) is 0.876. The van der Waals surface area contributed by atoms with E-state index in [1.807, 2.05) is 0 Å². The van der Waals surface area contributed by atoms with E-state index >= 15 is 0 Å². The van der Waals surface area contributed by atoms with Gasteiger partial charge in [0.25, 0.3) is 0 Å². The fourth-order valence-corrected chi connectivity index (χ4v) is 1.05. The van der Waals surface area contributed by atoms with E-state index in [-0.39, 0.29) is 12.4 Å². The van der Waals surface area contributed by atoms with Crippen molar-refractivity contribution in [1.82, 2.24) is 0 Å². The molecule has 0 saturated carbocycles. The van der Waals surface area contributed by atoms with Crippen molar-refractivity contribution < 1.29 is 8.98 Å². The van der Waals surface area contributed by atoms with Crippen molar-refractivity contribution in [2.75, 3.05) is 5.73 Å². The molecule has 1 aromatic carbocycles. The van der Waals surface area contributed by atoms with Crippen LogP contribution in [0.1, 0.15) is 5.56 Å². The number of hydrogen-bond donors (Lipinski definition) is 2. The third-order valence-corrected chi connectivity index (χ3v) is 1.75. The molecule has 4 N–H and O–H groups in total. The van der Waals surface area contributed by atoms with Crippen LogP contribution < -0.4 is 10.9 Å². The summed E-state index contributed by atoms with van der Waals surface area (Å²) in [5.41, 5.74) is 7.00. The number of hydrogen-bond acceptors (Lipinski definition) is 5. The smallest absolute Gasteiger partial charge is 0.323 e. The van der Waals surface area contributed by atoms with Crippen molar-refractivity contribution in [2.24, 2.45) is 5.14 Å². The first-order valence-corrected chi connectivity index (χ1v) is 4.43. The van der Waals surface area contributed by atoms with Gasteiger partial charge in [0, 0.05) is 5.69 Å². The van der Waals surface area contributed by atoms with Gasteiger partial charge in [0.15, 0.2) is 0 Å². The summed E-state index contributed by atoms with van der Waals surface area (Å²) in [5, 5.41) is 4.96. The van der Waals surface area contributed by atoms with Crippen LogP contribution in [0.4, 0.5) is 5.69 Å². The first kappa shape index (κ1) is 9.88. The highest BCUT2D eigenvalue weighted by Crippen LogP contribution is 2.07. The van der Waals surface area contributed by atoms with E-state index in [1.165, 1.54) is 0 Å². The Morgan fingerprint density at radius 3 is 2.54 bits per heavy atom. The van der Waals surface area contributed by atoms with Gasteiger partial charge in [-0.25, -0.2) is 5.14 Å². The summed E-state index contributed by atoms with van der Waals surface area (Å²) >= 11 is 0.558. The first-order chi connectivity index (χ1) is 6.22. The summed E-state index contributed by atoms with van der Waals surface area (Å²) in [6.07, 6.45) is 0.213. The topological polar surface area (TPSA) is 78.3 Å². The van der Waals surface area contributed by atoms with E-state index in [0.29, 0.717) is 17.9 Å². The highest BCUT2D eigenvalue weighted by atomic mass is 32.2. The predicted molar refractivity (Wildman–Crippen MR) is 52.4 cm³/mol. The van der Waals surface area contributed by atoms with Gasteiger partial charge in [-0.15, -0.1) is 0 Å². The Kier molecular flexibility index (Phi) is 3.60. The van der Waals surface area contributed by atoms with Crippen LogP contribution in [0.2, 0.25) is 0 Å². The molecular weight excluding hydrogens is 188 g/mol. The highest BCUT2D eigenvalue weighted by Gasteiger charge is 2.03. The van der Waals surface area contributed by atoms with Crippen LogP contribution in [-0.4, -0.2) is 5.97 Å². The third-order valence-electron chi connectivity index (χ3n) is 1.47. The number of nitrogens with two attached hydrogens (primary N) is 2. The second-order valence-corrected chi connectivity index (χ2v) is 2.83. The lowest BCUT2D eigenvalue weighted by Gasteiger charge is -2.00. The fraction of sp³-hybridized carbons (Fsp3) is 0.125.